The number of anilines is 1. The van der Waals surface area contributed by atoms with Gasteiger partial charge in [0.2, 0.25) is 5.78 Å². The molecular formula is C24H20FNO6. The molecule has 3 rings (SSSR count). The lowest BCUT2D eigenvalue weighted by molar-refractivity contribution is -0.118. The summed E-state index contributed by atoms with van der Waals surface area (Å²) in [7, 11) is 1.44. The molecule has 1 N–H and O–H groups in total. The van der Waals surface area contributed by atoms with Gasteiger partial charge in [-0.1, -0.05) is 36.4 Å². The van der Waals surface area contributed by atoms with E-state index in [0.29, 0.717) is 5.75 Å². The van der Waals surface area contributed by atoms with Gasteiger partial charge in [0, 0.05) is 0 Å². The summed E-state index contributed by atoms with van der Waals surface area (Å²) in [4.78, 5) is 37.0. The van der Waals surface area contributed by atoms with Crippen LogP contribution >= 0.6 is 0 Å². The Kier molecular flexibility index (Phi) is 7.53. The van der Waals surface area contributed by atoms with Crippen LogP contribution in [0, 0.1) is 5.82 Å². The van der Waals surface area contributed by atoms with E-state index in [-0.39, 0.29) is 22.6 Å². The zero-order valence-corrected chi connectivity index (χ0v) is 17.2. The van der Waals surface area contributed by atoms with Gasteiger partial charge in [0.1, 0.15) is 22.9 Å². The third-order valence-electron chi connectivity index (χ3n) is 4.36. The van der Waals surface area contributed by atoms with E-state index in [9.17, 15) is 18.8 Å². The van der Waals surface area contributed by atoms with E-state index in [1.807, 2.05) is 0 Å². The Morgan fingerprint density at radius 2 is 1.44 bits per heavy atom. The molecule has 3 aromatic carbocycles. The van der Waals surface area contributed by atoms with Crippen LogP contribution in [0.3, 0.4) is 0 Å². The van der Waals surface area contributed by atoms with Gasteiger partial charge < -0.3 is 19.5 Å². The highest BCUT2D eigenvalue weighted by atomic mass is 19.1. The van der Waals surface area contributed by atoms with Crippen LogP contribution in [0.1, 0.15) is 20.7 Å². The maximum absolute atomic E-state index is 13.7. The van der Waals surface area contributed by atoms with Crippen LogP contribution in [0.15, 0.2) is 72.8 Å². The fourth-order valence-corrected chi connectivity index (χ4v) is 2.81. The van der Waals surface area contributed by atoms with Crippen LogP contribution in [-0.4, -0.2) is 38.0 Å². The van der Waals surface area contributed by atoms with E-state index in [2.05, 4.69) is 5.32 Å². The standard InChI is InChI=1S/C24H20FNO6/c1-30-21-12-6-2-8-16(21)20(27)14-32-24(29)17-9-3-7-13-22(17)31-15-23(28)26-19-11-5-4-10-18(19)25/h2-13H,14-15H2,1H3,(H,26,28). The Balaban J connectivity index is 1.60. The molecule has 0 heterocycles. The van der Waals surface area contributed by atoms with E-state index in [1.54, 1.807) is 42.5 Å². The van der Waals surface area contributed by atoms with Crippen molar-refractivity contribution in [3.05, 3.63) is 89.7 Å². The zero-order valence-electron chi connectivity index (χ0n) is 17.2. The number of Topliss-reactive ketones (excluding diaryl/α,β-unsaturated/α-hetero) is 1. The van der Waals surface area contributed by atoms with Crippen LogP contribution in [0.25, 0.3) is 0 Å². The molecule has 0 unspecified atom stereocenters. The number of carbonyl (C=O) groups excluding carboxylic acids is 3. The Labute approximate surface area is 183 Å². The van der Waals surface area contributed by atoms with Crippen molar-refractivity contribution in [2.24, 2.45) is 0 Å². The van der Waals surface area contributed by atoms with Crippen molar-refractivity contribution in [3.63, 3.8) is 0 Å². The Bertz CT molecular complexity index is 1130. The molecule has 0 spiro atoms. The van der Waals surface area contributed by atoms with Crippen molar-refractivity contribution >= 4 is 23.3 Å². The summed E-state index contributed by atoms with van der Waals surface area (Å²) in [6, 6.07) is 18.4. The number of rotatable bonds is 9. The largest absolute Gasteiger partial charge is 0.496 e. The predicted octanol–water partition coefficient (Wildman–Crippen LogP) is 3.89. The molecular weight excluding hydrogens is 417 g/mol. The Morgan fingerprint density at radius 3 is 2.16 bits per heavy atom. The molecule has 0 aromatic heterocycles. The normalized spacial score (nSPS) is 10.2. The number of methoxy groups -OCH3 is 1. The summed E-state index contributed by atoms with van der Waals surface area (Å²) >= 11 is 0. The summed E-state index contributed by atoms with van der Waals surface area (Å²) in [6.45, 7) is -0.958. The lowest BCUT2D eigenvalue weighted by atomic mass is 10.1. The second kappa shape index (κ2) is 10.7. The van der Waals surface area contributed by atoms with Gasteiger partial charge >= 0.3 is 5.97 Å². The molecule has 164 valence electrons. The van der Waals surface area contributed by atoms with Gasteiger partial charge in [-0.2, -0.15) is 0 Å². The van der Waals surface area contributed by atoms with Crippen molar-refractivity contribution < 1.29 is 33.0 Å². The SMILES string of the molecule is COc1ccccc1C(=O)COC(=O)c1ccccc1OCC(=O)Nc1ccccc1F. The van der Waals surface area contributed by atoms with Gasteiger partial charge in [-0.3, -0.25) is 9.59 Å². The molecule has 0 radical (unpaired) electrons. The molecule has 0 aliphatic rings. The second-order valence-corrected chi connectivity index (χ2v) is 6.51. The molecule has 3 aromatic rings. The van der Waals surface area contributed by atoms with Gasteiger partial charge in [-0.05, 0) is 36.4 Å². The summed E-state index contributed by atoms with van der Waals surface area (Å²) in [6.07, 6.45) is 0. The van der Waals surface area contributed by atoms with Crippen molar-refractivity contribution in [2.45, 2.75) is 0 Å². The average molecular weight is 437 g/mol. The Hall–Kier alpha value is -4.20. The first-order chi connectivity index (χ1) is 15.5. The molecule has 0 bridgehead atoms. The van der Waals surface area contributed by atoms with Crippen LogP contribution < -0.4 is 14.8 Å². The minimum Gasteiger partial charge on any atom is -0.496 e. The number of hydrogen-bond acceptors (Lipinski definition) is 6. The number of hydrogen-bond donors (Lipinski definition) is 1. The number of benzene rings is 3. The molecule has 7 nitrogen and oxygen atoms in total. The van der Waals surface area contributed by atoms with E-state index in [4.69, 9.17) is 14.2 Å². The van der Waals surface area contributed by atoms with E-state index in [1.165, 1.54) is 37.4 Å². The quantitative estimate of drug-likeness (QED) is 0.403. The number of halogens is 1. The lowest BCUT2D eigenvalue weighted by Gasteiger charge is -2.12. The number of para-hydroxylation sites is 3. The number of nitrogens with one attached hydrogen (secondary N) is 1. The van der Waals surface area contributed by atoms with E-state index in [0.717, 1.165) is 0 Å². The van der Waals surface area contributed by atoms with Crippen LogP contribution in [0.2, 0.25) is 0 Å². The number of esters is 1. The number of ketones is 1. The van der Waals surface area contributed by atoms with Gasteiger partial charge in [0.15, 0.2) is 13.2 Å². The van der Waals surface area contributed by atoms with Gasteiger partial charge in [0.05, 0.1) is 18.4 Å². The van der Waals surface area contributed by atoms with Crippen LogP contribution in [0.5, 0.6) is 11.5 Å². The molecule has 1 amide bonds. The van der Waals surface area contributed by atoms with Crippen molar-refractivity contribution in [1.82, 2.24) is 0 Å². The fraction of sp³-hybridized carbons (Fsp3) is 0.125. The van der Waals surface area contributed by atoms with Gasteiger partial charge in [0.25, 0.3) is 5.91 Å². The minimum absolute atomic E-state index is 0.0173. The molecule has 32 heavy (non-hydrogen) atoms. The maximum Gasteiger partial charge on any atom is 0.342 e. The number of amides is 1. The monoisotopic (exact) mass is 437 g/mol. The predicted molar refractivity (Wildman–Crippen MR) is 115 cm³/mol. The highest BCUT2D eigenvalue weighted by Gasteiger charge is 2.18. The smallest absolute Gasteiger partial charge is 0.342 e. The lowest BCUT2D eigenvalue weighted by Crippen LogP contribution is -2.22. The first-order valence-electron chi connectivity index (χ1n) is 9.59. The molecule has 8 heteroatoms. The highest BCUT2D eigenvalue weighted by molar-refractivity contribution is 6.01. The first kappa shape index (κ1) is 22.5. The Morgan fingerprint density at radius 1 is 0.812 bits per heavy atom. The summed E-state index contributed by atoms with van der Waals surface area (Å²) < 4.78 is 29.3. The maximum atomic E-state index is 13.7. The second-order valence-electron chi connectivity index (χ2n) is 6.51. The molecule has 0 aliphatic heterocycles. The van der Waals surface area contributed by atoms with Crippen molar-refractivity contribution in [1.29, 1.82) is 0 Å². The van der Waals surface area contributed by atoms with Crippen LogP contribution in [0.4, 0.5) is 10.1 Å². The summed E-state index contributed by atoms with van der Waals surface area (Å²) in [5.41, 5.74) is 0.347. The zero-order chi connectivity index (χ0) is 22.9. The topological polar surface area (TPSA) is 90.9 Å². The fourth-order valence-electron chi connectivity index (χ4n) is 2.81. The number of ether oxygens (including phenoxy) is 3. The van der Waals surface area contributed by atoms with Gasteiger partial charge in [-0.15, -0.1) is 0 Å². The van der Waals surface area contributed by atoms with E-state index >= 15 is 0 Å². The summed E-state index contributed by atoms with van der Waals surface area (Å²) in [5.74, 6) is -1.95. The molecule has 0 fully saturated rings. The minimum atomic E-state index is -0.793. The van der Waals surface area contributed by atoms with Gasteiger partial charge in [-0.25, -0.2) is 9.18 Å². The third-order valence-corrected chi connectivity index (χ3v) is 4.36. The number of carbonyl (C=O) groups is 3. The molecule has 0 aliphatic carbocycles. The molecule has 0 saturated carbocycles. The van der Waals surface area contributed by atoms with Crippen molar-refractivity contribution in [3.8, 4) is 11.5 Å². The highest BCUT2D eigenvalue weighted by Crippen LogP contribution is 2.21. The van der Waals surface area contributed by atoms with E-state index < -0.39 is 36.7 Å². The summed E-state index contributed by atoms with van der Waals surface area (Å²) in [5, 5.41) is 2.39. The first-order valence-corrected chi connectivity index (χ1v) is 9.59. The molecule has 0 atom stereocenters. The third kappa shape index (κ3) is 5.69. The van der Waals surface area contributed by atoms with Crippen molar-refractivity contribution in [2.75, 3.05) is 25.6 Å². The molecule has 0 saturated heterocycles. The average Bonchev–Trinajstić information content (AvgIpc) is 2.82. The van der Waals surface area contributed by atoms with Crippen LogP contribution in [-0.2, 0) is 9.53 Å².